The maximum Gasteiger partial charge on any atom is 0.410 e. The standard InChI is InChI=1S/C6H7F2NO4/c7-6(8,4(10)11)3-9-1-2-13-5(9)12/h1-3H2,(H,10,11). The first-order valence-corrected chi connectivity index (χ1v) is 3.46. The van der Waals surface area contributed by atoms with Crippen LogP contribution < -0.4 is 0 Å². The number of alkyl halides is 2. The lowest BCUT2D eigenvalue weighted by molar-refractivity contribution is -0.166. The lowest BCUT2D eigenvalue weighted by Gasteiger charge is -2.17. The number of carboxylic acid groups (broad SMARTS) is 1. The number of aliphatic carboxylic acids is 1. The Morgan fingerprint density at radius 2 is 2.31 bits per heavy atom. The van der Waals surface area contributed by atoms with Crippen molar-refractivity contribution in [3.8, 4) is 0 Å². The molecule has 7 heteroatoms. The van der Waals surface area contributed by atoms with Crippen LogP contribution in [0.15, 0.2) is 0 Å². The molecule has 0 bridgehead atoms. The van der Waals surface area contributed by atoms with Crippen molar-refractivity contribution in [3.63, 3.8) is 0 Å². The van der Waals surface area contributed by atoms with Crippen molar-refractivity contribution in [2.24, 2.45) is 0 Å². The summed E-state index contributed by atoms with van der Waals surface area (Å²) >= 11 is 0. The van der Waals surface area contributed by atoms with E-state index in [1.54, 1.807) is 0 Å². The number of carbonyl (C=O) groups is 2. The third-order valence-corrected chi connectivity index (χ3v) is 1.55. The van der Waals surface area contributed by atoms with Crippen LogP contribution in [0, 0.1) is 0 Å². The average molecular weight is 195 g/mol. The second-order valence-corrected chi connectivity index (χ2v) is 2.55. The maximum atomic E-state index is 12.5. The van der Waals surface area contributed by atoms with E-state index in [9.17, 15) is 18.4 Å². The minimum Gasteiger partial charge on any atom is -0.477 e. The van der Waals surface area contributed by atoms with Gasteiger partial charge in [0.2, 0.25) is 0 Å². The van der Waals surface area contributed by atoms with E-state index in [4.69, 9.17) is 5.11 Å². The van der Waals surface area contributed by atoms with Crippen LogP contribution in [0.1, 0.15) is 0 Å². The number of amides is 1. The van der Waals surface area contributed by atoms with Gasteiger partial charge in [-0.2, -0.15) is 8.78 Å². The molecule has 1 heterocycles. The van der Waals surface area contributed by atoms with E-state index in [0.717, 1.165) is 0 Å². The zero-order valence-corrected chi connectivity index (χ0v) is 6.50. The van der Waals surface area contributed by atoms with Crippen LogP contribution in [0.25, 0.3) is 0 Å². The number of halogens is 2. The van der Waals surface area contributed by atoms with Crippen molar-refractivity contribution in [2.45, 2.75) is 5.92 Å². The summed E-state index contributed by atoms with van der Waals surface area (Å²) in [6.07, 6.45) is -0.902. The molecule has 0 radical (unpaired) electrons. The molecule has 0 aromatic rings. The van der Waals surface area contributed by atoms with Gasteiger partial charge in [0.1, 0.15) is 6.61 Å². The highest BCUT2D eigenvalue weighted by Gasteiger charge is 2.43. The lowest BCUT2D eigenvalue weighted by atomic mass is 10.3. The second kappa shape index (κ2) is 3.15. The summed E-state index contributed by atoms with van der Waals surface area (Å²) < 4.78 is 29.4. The van der Waals surface area contributed by atoms with Gasteiger partial charge in [-0.25, -0.2) is 9.59 Å². The predicted molar refractivity (Wildman–Crippen MR) is 35.5 cm³/mol. The molecule has 1 aliphatic rings. The first kappa shape index (κ1) is 9.69. The number of rotatable bonds is 3. The molecular weight excluding hydrogens is 188 g/mol. The van der Waals surface area contributed by atoms with E-state index in [-0.39, 0.29) is 13.2 Å². The molecular formula is C6H7F2NO4. The monoisotopic (exact) mass is 195 g/mol. The highest BCUT2D eigenvalue weighted by molar-refractivity contribution is 5.77. The Labute approximate surface area is 71.9 Å². The summed E-state index contributed by atoms with van der Waals surface area (Å²) in [5.41, 5.74) is 0. The van der Waals surface area contributed by atoms with Crippen molar-refractivity contribution in [1.29, 1.82) is 0 Å². The molecule has 0 atom stereocenters. The van der Waals surface area contributed by atoms with Crippen molar-refractivity contribution < 1.29 is 28.2 Å². The highest BCUT2D eigenvalue weighted by Crippen LogP contribution is 2.17. The molecule has 0 aromatic carbocycles. The van der Waals surface area contributed by atoms with E-state index >= 15 is 0 Å². The molecule has 0 spiro atoms. The van der Waals surface area contributed by atoms with E-state index < -0.39 is 24.5 Å². The number of carbonyl (C=O) groups excluding carboxylic acids is 1. The van der Waals surface area contributed by atoms with E-state index in [0.29, 0.717) is 4.90 Å². The minimum absolute atomic E-state index is 0.00169. The SMILES string of the molecule is O=C1OCCN1CC(F)(F)C(=O)O. The van der Waals surface area contributed by atoms with Crippen molar-refractivity contribution >= 4 is 12.1 Å². The summed E-state index contributed by atoms with van der Waals surface area (Å²) in [5.74, 6) is -6.16. The van der Waals surface area contributed by atoms with Crippen molar-refractivity contribution in [3.05, 3.63) is 0 Å². The largest absolute Gasteiger partial charge is 0.477 e. The quantitative estimate of drug-likeness (QED) is 0.696. The molecule has 0 aliphatic carbocycles. The molecule has 1 aliphatic heterocycles. The van der Waals surface area contributed by atoms with Crippen LogP contribution in [0.4, 0.5) is 13.6 Å². The number of carboxylic acids is 1. The first-order valence-electron chi connectivity index (χ1n) is 3.46. The zero-order chi connectivity index (χ0) is 10.1. The number of hydrogen-bond acceptors (Lipinski definition) is 3. The summed E-state index contributed by atoms with van der Waals surface area (Å²) in [6, 6.07) is 0. The fraction of sp³-hybridized carbons (Fsp3) is 0.667. The third-order valence-electron chi connectivity index (χ3n) is 1.55. The number of nitrogens with zero attached hydrogens (tertiary/aromatic N) is 1. The van der Waals surface area contributed by atoms with Gasteiger partial charge in [-0.05, 0) is 0 Å². The van der Waals surface area contributed by atoms with Crippen LogP contribution in [0.3, 0.4) is 0 Å². The molecule has 74 valence electrons. The molecule has 0 unspecified atom stereocenters. The van der Waals surface area contributed by atoms with Crippen molar-refractivity contribution in [1.82, 2.24) is 4.90 Å². The van der Waals surface area contributed by atoms with Gasteiger partial charge in [0, 0.05) is 0 Å². The van der Waals surface area contributed by atoms with Gasteiger partial charge in [0.25, 0.3) is 0 Å². The molecule has 5 nitrogen and oxygen atoms in total. The van der Waals surface area contributed by atoms with Gasteiger partial charge in [-0.3, -0.25) is 4.90 Å². The van der Waals surface area contributed by atoms with Gasteiger partial charge < -0.3 is 9.84 Å². The summed E-state index contributed by atoms with van der Waals surface area (Å²) in [7, 11) is 0. The Morgan fingerprint density at radius 3 is 2.69 bits per heavy atom. The predicted octanol–water partition coefficient (Wildman–Crippen LogP) is 0.158. The maximum absolute atomic E-state index is 12.5. The highest BCUT2D eigenvalue weighted by atomic mass is 19.3. The zero-order valence-electron chi connectivity index (χ0n) is 6.50. The van der Waals surface area contributed by atoms with E-state index in [2.05, 4.69) is 4.74 Å². The molecule has 1 fully saturated rings. The molecule has 0 aromatic heterocycles. The third kappa shape index (κ3) is 2.04. The van der Waals surface area contributed by atoms with Gasteiger partial charge in [0.15, 0.2) is 0 Å². The van der Waals surface area contributed by atoms with E-state index in [1.807, 2.05) is 0 Å². The summed E-state index contributed by atoms with van der Waals surface area (Å²) in [6.45, 7) is -1.11. The van der Waals surface area contributed by atoms with Gasteiger partial charge in [0.05, 0.1) is 13.1 Å². The fourth-order valence-corrected chi connectivity index (χ4v) is 0.877. The molecule has 1 N–H and O–H groups in total. The molecule has 1 saturated heterocycles. The number of cyclic esters (lactones) is 1. The molecule has 0 saturated carbocycles. The second-order valence-electron chi connectivity index (χ2n) is 2.55. The van der Waals surface area contributed by atoms with Crippen LogP contribution in [-0.2, 0) is 9.53 Å². The Kier molecular flexibility index (Phi) is 2.35. The van der Waals surface area contributed by atoms with E-state index in [1.165, 1.54) is 0 Å². The molecule has 13 heavy (non-hydrogen) atoms. The minimum atomic E-state index is -3.91. The molecule has 1 amide bonds. The van der Waals surface area contributed by atoms with Crippen LogP contribution in [0.5, 0.6) is 0 Å². The number of hydrogen-bond donors (Lipinski definition) is 1. The van der Waals surface area contributed by atoms with Crippen LogP contribution in [-0.4, -0.2) is 47.7 Å². The van der Waals surface area contributed by atoms with Crippen LogP contribution >= 0.6 is 0 Å². The smallest absolute Gasteiger partial charge is 0.410 e. The Morgan fingerprint density at radius 1 is 1.69 bits per heavy atom. The first-order chi connectivity index (χ1) is 5.93. The topological polar surface area (TPSA) is 66.8 Å². The normalized spacial score (nSPS) is 17.4. The Hall–Kier alpha value is -1.40. The van der Waals surface area contributed by atoms with Crippen molar-refractivity contribution in [2.75, 3.05) is 19.7 Å². The molecule has 1 rings (SSSR count). The lowest BCUT2D eigenvalue weighted by Crippen LogP contribution is -2.42. The van der Waals surface area contributed by atoms with Crippen LogP contribution in [0.2, 0.25) is 0 Å². The summed E-state index contributed by atoms with van der Waals surface area (Å²) in [5, 5.41) is 8.06. The number of ether oxygens (including phenoxy) is 1. The van der Waals surface area contributed by atoms with Gasteiger partial charge >= 0.3 is 18.0 Å². The Bertz CT molecular complexity index is 243. The fourth-order valence-electron chi connectivity index (χ4n) is 0.877. The van der Waals surface area contributed by atoms with Gasteiger partial charge in [-0.15, -0.1) is 0 Å². The summed E-state index contributed by atoms with van der Waals surface area (Å²) in [4.78, 5) is 21.3. The Balaban J connectivity index is 2.57. The average Bonchev–Trinajstić information content (AvgIpc) is 2.35. The van der Waals surface area contributed by atoms with Gasteiger partial charge in [-0.1, -0.05) is 0 Å².